The van der Waals surface area contributed by atoms with Gasteiger partial charge in [0.1, 0.15) is 6.61 Å². The van der Waals surface area contributed by atoms with Gasteiger partial charge in [-0.2, -0.15) is 0 Å². The minimum Gasteiger partial charge on any atom is -0.493 e. The third kappa shape index (κ3) is 3.95. The molecular weight excluding hydrogens is 284 g/mol. The number of hydrogen-bond donors (Lipinski definition) is 1. The van der Waals surface area contributed by atoms with E-state index in [1.54, 1.807) is 18.4 Å². The Kier molecular flexibility index (Phi) is 5.59. The average molecular weight is 306 g/mol. The number of ether oxygens (including phenoxy) is 2. The molecule has 21 heavy (non-hydrogen) atoms. The van der Waals surface area contributed by atoms with Gasteiger partial charge in [0, 0.05) is 11.4 Å². The summed E-state index contributed by atoms with van der Waals surface area (Å²) in [6, 6.07) is 6.29. The monoisotopic (exact) mass is 306 g/mol. The van der Waals surface area contributed by atoms with Gasteiger partial charge in [0.15, 0.2) is 11.5 Å². The Morgan fingerprint density at radius 2 is 2.14 bits per heavy atom. The second-order valence-corrected chi connectivity index (χ2v) is 5.74. The number of benzene rings is 1. The van der Waals surface area contributed by atoms with Crippen LogP contribution in [0.15, 0.2) is 23.6 Å². The predicted octanol–water partition coefficient (Wildman–Crippen LogP) is 3.57. The predicted molar refractivity (Wildman–Crippen MR) is 86.3 cm³/mol. The Balaban J connectivity index is 2.08. The summed E-state index contributed by atoms with van der Waals surface area (Å²) < 4.78 is 11.3. The van der Waals surface area contributed by atoms with Gasteiger partial charge in [0.2, 0.25) is 0 Å². The van der Waals surface area contributed by atoms with E-state index < -0.39 is 0 Å². The lowest BCUT2D eigenvalue weighted by Crippen LogP contribution is -2.12. The summed E-state index contributed by atoms with van der Waals surface area (Å²) in [5.74, 6) is 1.50. The van der Waals surface area contributed by atoms with Crippen molar-refractivity contribution < 1.29 is 9.47 Å². The number of aromatic nitrogens is 1. The summed E-state index contributed by atoms with van der Waals surface area (Å²) in [4.78, 5) is 4.50. The second-order valence-electron chi connectivity index (χ2n) is 4.80. The van der Waals surface area contributed by atoms with Crippen molar-refractivity contribution >= 4 is 11.3 Å². The molecule has 114 valence electrons. The highest BCUT2D eigenvalue weighted by molar-refractivity contribution is 7.09. The van der Waals surface area contributed by atoms with E-state index in [2.05, 4.69) is 30.2 Å². The Morgan fingerprint density at radius 3 is 2.76 bits per heavy atom. The molecule has 1 atom stereocenters. The summed E-state index contributed by atoms with van der Waals surface area (Å²) in [5, 5.41) is 6.40. The topological polar surface area (TPSA) is 43.4 Å². The van der Waals surface area contributed by atoms with E-state index in [0.29, 0.717) is 6.61 Å². The maximum absolute atomic E-state index is 5.84. The molecule has 0 aliphatic heterocycles. The smallest absolute Gasteiger partial charge is 0.161 e. The normalized spacial score (nSPS) is 12.2. The molecule has 0 saturated carbocycles. The molecule has 0 fully saturated rings. The maximum Gasteiger partial charge on any atom is 0.161 e. The summed E-state index contributed by atoms with van der Waals surface area (Å²) in [6.45, 7) is 4.68. The first-order valence-corrected chi connectivity index (χ1v) is 7.97. The average Bonchev–Trinajstić information content (AvgIpc) is 3.00. The molecule has 1 heterocycles. The van der Waals surface area contributed by atoms with Crippen molar-refractivity contribution in [2.45, 2.75) is 32.9 Å². The lowest BCUT2D eigenvalue weighted by molar-refractivity contribution is 0.281. The molecule has 0 saturated heterocycles. The van der Waals surface area contributed by atoms with Crippen LogP contribution in [-0.2, 0) is 13.0 Å². The molecule has 0 aliphatic carbocycles. The summed E-state index contributed by atoms with van der Waals surface area (Å²) in [5.41, 5.74) is 2.13. The van der Waals surface area contributed by atoms with Crippen LogP contribution in [-0.4, -0.2) is 19.1 Å². The number of methoxy groups -OCH3 is 1. The largest absolute Gasteiger partial charge is 0.493 e. The molecule has 2 aromatic rings. The minimum absolute atomic E-state index is 0.276. The Hall–Kier alpha value is -1.59. The van der Waals surface area contributed by atoms with E-state index in [0.717, 1.165) is 28.6 Å². The third-order valence-corrected chi connectivity index (χ3v) is 4.44. The molecule has 5 heteroatoms. The van der Waals surface area contributed by atoms with Crippen molar-refractivity contribution in [2.24, 2.45) is 0 Å². The van der Waals surface area contributed by atoms with Crippen LogP contribution >= 0.6 is 11.3 Å². The first-order chi connectivity index (χ1) is 10.2. The molecule has 1 N–H and O–H groups in total. The standard InChI is InChI=1S/C16H22N2O2S/c1-5-16-18-13(10-21-16)9-20-14-7-6-12(11(2)17-3)8-15(14)19-4/h6-8,10-11,17H,5,9H2,1-4H3. The fraction of sp³-hybridized carbons (Fsp3) is 0.438. The third-order valence-electron chi connectivity index (χ3n) is 3.40. The van der Waals surface area contributed by atoms with Crippen LogP contribution in [0, 0.1) is 0 Å². The summed E-state index contributed by atoms with van der Waals surface area (Å²) in [7, 11) is 3.60. The molecule has 4 nitrogen and oxygen atoms in total. The number of aryl methyl sites for hydroxylation is 1. The molecule has 2 rings (SSSR count). The first kappa shape index (κ1) is 15.8. The van der Waals surface area contributed by atoms with Gasteiger partial charge < -0.3 is 14.8 Å². The van der Waals surface area contributed by atoms with Crippen molar-refractivity contribution in [1.82, 2.24) is 10.3 Å². The van der Waals surface area contributed by atoms with Crippen LogP contribution in [0.5, 0.6) is 11.5 Å². The Labute approximate surface area is 130 Å². The van der Waals surface area contributed by atoms with Crippen LogP contribution in [0.4, 0.5) is 0 Å². The van der Waals surface area contributed by atoms with Crippen LogP contribution in [0.2, 0.25) is 0 Å². The van der Waals surface area contributed by atoms with Crippen molar-refractivity contribution in [2.75, 3.05) is 14.2 Å². The van der Waals surface area contributed by atoms with E-state index in [1.807, 2.05) is 24.6 Å². The molecule has 1 aromatic carbocycles. The number of rotatable bonds is 7. The molecule has 1 aromatic heterocycles. The lowest BCUT2D eigenvalue weighted by atomic mass is 10.1. The summed E-state index contributed by atoms with van der Waals surface area (Å²) in [6.07, 6.45) is 0.963. The van der Waals surface area contributed by atoms with Crippen LogP contribution in [0.25, 0.3) is 0 Å². The fourth-order valence-electron chi connectivity index (χ4n) is 1.97. The van der Waals surface area contributed by atoms with Crippen LogP contribution in [0.3, 0.4) is 0 Å². The number of nitrogens with zero attached hydrogens (tertiary/aromatic N) is 1. The van der Waals surface area contributed by atoms with E-state index in [1.165, 1.54) is 5.56 Å². The number of thiazole rings is 1. The Morgan fingerprint density at radius 1 is 1.33 bits per heavy atom. The van der Waals surface area contributed by atoms with Gasteiger partial charge in [-0.1, -0.05) is 13.0 Å². The SMILES string of the molecule is CCc1nc(COc2ccc(C(C)NC)cc2OC)cs1. The molecular formula is C16H22N2O2S. The van der Waals surface area contributed by atoms with Crippen LogP contribution in [0.1, 0.15) is 36.2 Å². The van der Waals surface area contributed by atoms with E-state index >= 15 is 0 Å². The lowest BCUT2D eigenvalue weighted by Gasteiger charge is -2.15. The zero-order valence-electron chi connectivity index (χ0n) is 13.0. The number of nitrogens with one attached hydrogen (secondary N) is 1. The highest BCUT2D eigenvalue weighted by atomic mass is 32.1. The van der Waals surface area contributed by atoms with Gasteiger partial charge in [-0.25, -0.2) is 4.98 Å². The second kappa shape index (κ2) is 7.43. The summed E-state index contributed by atoms with van der Waals surface area (Å²) >= 11 is 1.67. The van der Waals surface area contributed by atoms with Crippen LogP contribution < -0.4 is 14.8 Å². The molecule has 0 amide bonds. The zero-order chi connectivity index (χ0) is 15.2. The molecule has 0 radical (unpaired) electrons. The van der Waals surface area contributed by atoms with Gasteiger partial charge >= 0.3 is 0 Å². The molecule has 0 bridgehead atoms. The van der Waals surface area contributed by atoms with Gasteiger partial charge in [-0.15, -0.1) is 11.3 Å². The van der Waals surface area contributed by atoms with E-state index in [9.17, 15) is 0 Å². The van der Waals surface area contributed by atoms with Gasteiger partial charge in [-0.3, -0.25) is 0 Å². The zero-order valence-corrected chi connectivity index (χ0v) is 13.8. The molecule has 0 aliphatic rings. The molecule has 0 spiro atoms. The van der Waals surface area contributed by atoms with Gasteiger partial charge in [0.25, 0.3) is 0 Å². The van der Waals surface area contributed by atoms with Crippen molar-refractivity contribution in [3.63, 3.8) is 0 Å². The quantitative estimate of drug-likeness (QED) is 0.849. The van der Waals surface area contributed by atoms with Crippen molar-refractivity contribution in [3.8, 4) is 11.5 Å². The highest BCUT2D eigenvalue weighted by Gasteiger charge is 2.10. The molecule has 1 unspecified atom stereocenters. The number of hydrogen-bond acceptors (Lipinski definition) is 5. The minimum atomic E-state index is 0.276. The van der Waals surface area contributed by atoms with E-state index in [-0.39, 0.29) is 6.04 Å². The Bertz CT molecular complexity index is 583. The van der Waals surface area contributed by atoms with Gasteiger partial charge in [-0.05, 0) is 38.1 Å². The van der Waals surface area contributed by atoms with Gasteiger partial charge in [0.05, 0.1) is 17.8 Å². The fourth-order valence-corrected chi connectivity index (χ4v) is 2.70. The van der Waals surface area contributed by atoms with E-state index in [4.69, 9.17) is 9.47 Å². The van der Waals surface area contributed by atoms with Crippen molar-refractivity contribution in [3.05, 3.63) is 39.8 Å². The first-order valence-electron chi connectivity index (χ1n) is 7.09. The highest BCUT2D eigenvalue weighted by Crippen LogP contribution is 2.30. The maximum atomic E-state index is 5.84. The van der Waals surface area contributed by atoms with Crippen molar-refractivity contribution in [1.29, 1.82) is 0 Å².